The van der Waals surface area contributed by atoms with Gasteiger partial charge in [-0.3, -0.25) is 9.59 Å². The molecule has 9 nitrogen and oxygen atoms in total. The Kier molecular flexibility index (Phi) is 8.79. The Morgan fingerprint density at radius 2 is 1.63 bits per heavy atom. The van der Waals surface area contributed by atoms with Crippen LogP contribution in [0.4, 0.5) is 27.6 Å². The van der Waals surface area contributed by atoms with Gasteiger partial charge in [-0.05, 0) is 35.7 Å². The van der Waals surface area contributed by atoms with Crippen molar-refractivity contribution >= 4 is 22.1 Å². The molecule has 41 heavy (non-hydrogen) atoms. The highest BCUT2D eigenvalue weighted by Crippen LogP contribution is 2.29. The van der Waals surface area contributed by atoms with Gasteiger partial charge < -0.3 is 10.3 Å². The molecule has 5 aromatic rings. The second kappa shape index (κ2) is 12.3. The number of benzene rings is 1. The van der Waals surface area contributed by atoms with Crippen LogP contribution in [0.5, 0.6) is 0 Å². The van der Waals surface area contributed by atoms with Gasteiger partial charge in [0.25, 0.3) is 11.1 Å². The van der Waals surface area contributed by atoms with Gasteiger partial charge in [-0.25, -0.2) is 23.4 Å². The Morgan fingerprint density at radius 3 is 2.22 bits per heavy atom. The van der Waals surface area contributed by atoms with Crippen LogP contribution < -0.4 is 16.9 Å². The molecule has 0 atom stereocenters. The number of nitrogen functional groups attached to an aromatic ring is 1. The lowest BCUT2D eigenvalue weighted by molar-refractivity contribution is -0.138. The third-order valence-electron chi connectivity index (χ3n) is 6.37. The fourth-order valence-corrected chi connectivity index (χ4v) is 4.27. The summed E-state index contributed by atoms with van der Waals surface area (Å²) in [4.78, 5) is 26.8. The molecule has 0 unspecified atom stereocenters. The summed E-state index contributed by atoms with van der Waals surface area (Å²) in [5.74, 6) is -0.927. The average molecular weight is 576 g/mol. The van der Waals surface area contributed by atoms with E-state index in [0.29, 0.717) is 11.0 Å². The summed E-state index contributed by atoms with van der Waals surface area (Å²) < 4.78 is 66.2. The number of hydrogen-bond acceptors (Lipinski definition) is 6. The molecule has 6 rings (SSSR count). The van der Waals surface area contributed by atoms with Crippen molar-refractivity contribution in [2.24, 2.45) is 7.05 Å². The van der Waals surface area contributed by atoms with Gasteiger partial charge in [0.05, 0.1) is 29.0 Å². The van der Waals surface area contributed by atoms with Crippen molar-refractivity contribution in [3.8, 4) is 11.4 Å². The van der Waals surface area contributed by atoms with E-state index in [1.54, 1.807) is 24.4 Å². The lowest BCUT2D eigenvalue weighted by atomic mass is 10.0. The lowest BCUT2D eigenvalue weighted by Gasteiger charge is -2.06. The number of halogens is 5. The first kappa shape index (κ1) is 29.4. The van der Waals surface area contributed by atoms with Gasteiger partial charge in [0.15, 0.2) is 11.5 Å². The van der Waals surface area contributed by atoms with Gasteiger partial charge in [-0.2, -0.15) is 18.3 Å². The van der Waals surface area contributed by atoms with E-state index in [-0.39, 0.29) is 22.3 Å². The summed E-state index contributed by atoms with van der Waals surface area (Å²) in [7, 11) is 1.60. The smallest absolute Gasteiger partial charge is 0.397 e. The standard InChI is InChI=1S/C16H10F2N4O.C6H12.C5H4F3N3O/c1-21-5-4-9-6-12(13(18)7-11(9)16(21)23)15-19-14-3-2-10(17)8-22(14)20-15;1-2-4-6-5-3-1;6-5(7,8)3-2(9)1-10-11-4(3)12/h2-8H,1H3;1-6H2;1H,(H3,9,11,12). The van der Waals surface area contributed by atoms with Crippen molar-refractivity contribution in [3.63, 3.8) is 0 Å². The summed E-state index contributed by atoms with van der Waals surface area (Å²) in [6.07, 6.45) is 7.78. The Bertz CT molecular complexity index is 1780. The number of alkyl halides is 3. The molecule has 0 spiro atoms. The number of aryl methyl sites for hydroxylation is 1. The number of pyridine rings is 2. The molecule has 0 aliphatic heterocycles. The number of aromatic nitrogens is 6. The molecule has 1 aliphatic rings. The number of aromatic amines is 1. The molecule has 3 N–H and O–H groups in total. The zero-order valence-electron chi connectivity index (χ0n) is 21.9. The molecule has 0 bridgehead atoms. The van der Waals surface area contributed by atoms with Crippen LogP contribution in [0.3, 0.4) is 0 Å². The summed E-state index contributed by atoms with van der Waals surface area (Å²) >= 11 is 0. The fraction of sp³-hybridized carbons (Fsp3) is 0.296. The van der Waals surface area contributed by atoms with Gasteiger partial charge in [0, 0.05) is 13.2 Å². The summed E-state index contributed by atoms with van der Waals surface area (Å²) in [5.41, 5.74) is 1.78. The molecule has 1 saturated carbocycles. The molecular formula is C27H26F5N7O2. The monoisotopic (exact) mass is 575 g/mol. The Hall–Kier alpha value is -4.62. The fourth-order valence-electron chi connectivity index (χ4n) is 4.27. The first-order chi connectivity index (χ1) is 19.5. The lowest BCUT2D eigenvalue weighted by Crippen LogP contribution is -2.24. The van der Waals surface area contributed by atoms with Crippen molar-refractivity contribution in [1.82, 2.24) is 29.4 Å². The number of fused-ring (bicyclic) bond motifs is 2. The Labute approximate surface area is 229 Å². The van der Waals surface area contributed by atoms with Gasteiger partial charge in [-0.1, -0.05) is 38.5 Å². The topological polar surface area (TPSA) is 124 Å². The quantitative estimate of drug-likeness (QED) is 0.264. The van der Waals surface area contributed by atoms with E-state index < -0.39 is 34.6 Å². The number of nitrogens with one attached hydrogen (secondary N) is 1. The van der Waals surface area contributed by atoms with Crippen LogP contribution >= 0.6 is 0 Å². The zero-order chi connectivity index (χ0) is 29.7. The number of rotatable bonds is 1. The van der Waals surface area contributed by atoms with Gasteiger partial charge in [-0.15, -0.1) is 5.10 Å². The zero-order valence-corrected chi connectivity index (χ0v) is 21.9. The van der Waals surface area contributed by atoms with Gasteiger partial charge in [0.2, 0.25) is 0 Å². The van der Waals surface area contributed by atoms with Crippen LogP contribution in [0.25, 0.3) is 27.8 Å². The maximum absolute atomic E-state index is 14.4. The largest absolute Gasteiger partial charge is 0.423 e. The van der Waals surface area contributed by atoms with Gasteiger partial charge >= 0.3 is 6.18 Å². The summed E-state index contributed by atoms with van der Waals surface area (Å²) in [6.45, 7) is 0. The maximum atomic E-state index is 14.4. The number of anilines is 1. The molecule has 1 aromatic carbocycles. The minimum Gasteiger partial charge on any atom is -0.397 e. The van der Waals surface area contributed by atoms with E-state index in [2.05, 4.69) is 15.2 Å². The van der Waals surface area contributed by atoms with Crippen molar-refractivity contribution in [1.29, 1.82) is 0 Å². The second-order valence-corrected chi connectivity index (χ2v) is 9.39. The van der Waals surface area contributed by atoms with Crippen LogP contribution in [0.15, 0.2) is 58.5 Å². The predicted octanol–water partition coefficient (Wildman–Crippen LogP) is 5.24. The van der Waals surface area contributed by atoms with E-state index >= 15 is 0 Å². The first-order valence-corrected chi connectivity index (χ1v) is 12.7. The van der Waals surface area contributed by atoms with E-state index in [1.165, 1.54) is 78.1 Å². The van der Waals surface area contributed by atoms with Crippen molar-refractivity contribution in [2.75, 3.05) is 5.73 Å². The molecule has 1 aliphatic carbocycles. The molecule has 0 amide bonds. The van der Waals surface area contributed by atoms with Crippen molar-refractivity contribution in [2.45, 2.75) is 44.7 Å². The van der Waals surface area contributed by atoms with Crippen molar-refractivity contribution < 1.29 is 22.0 Å². The number of nitrogens with zero attached hydrogens (tertiary/aromatic N) is 5. The summed E-state index contributed by atoms with van der Waals surface area (Å²) in [6, 6.07) is 7.14. The third-order valence-corrected chi connectivity index (χ3v) is 6.37. The maximum Gasteiger partial charge on any atom is 0.423 e. The van der Waals surface area contributed by atoms with Crippen LogP contribution in [-0.2, 0) is 13.2 Å². The van der Waals surface area contributed by atoms with E-state index in [4.69, 9.17) is 5.73 Å². The third kappa shape index (κ3) is 6.94. The minimum atomic E-state index is -4.74. The van der Waals surface area contributed by atoms with E-state index in [1.807, 2.05) is 0 Å². The highest BCUT2D eigenvalue weighted by molar-refractivity contribution is 5.86. The normalized spacial score (nSPS) is 13.3. The molecule has 216 valence electrons. The number of hydrogen-bond donors (Lipinski definition) is 2. The van der Waals surface area contributed by atoms with Crippen LogP contribution in [0, 0.1) is 11.6 Å². The molecule has 0 saturated heterocycles. The number of H-pyrrole nitrogens is 1. The minimum absolute atomic E-state index is 0.135. The molecule has 14 heteroatoms. The summed E-state index contributed by atoms with van der Waals surface area (Å²) in [5, 5.41) is 9.71. The number of nitrogens with two attached hydrogens (primary N) is 1. The first-order valence-electron chi connectivity index (χ1n) is 12.7. The van der Waals surface area contributed by atoms with Crippen LogP contribution in [0.2, 0.25) is 0 Å². The predicted molar refractivity (Wildman–Crippen MR) is 143 cm³/mol. The van der Waals surface area contributed by atoms with E-state index in [9.17, 15) is 31.5 Å². The highest BCUT2D eigenvalue weighted by Gasteiger charge is 2.36. The van der Waals surface area contributed by atoms with Crippen molar-refractivity contribution in [3.05, 3.63) is 86.8 Å². The molecule has 1 fully saturated rings. The SMILES string of the molecule is C1CCCCC1.Cn1ccc2cc(-c3nc4ccc(F)cn4n3)c(F)cc2c1=O.Nc1cn[nH]c(=O)c1C(F)(F)F. The van der Waals surface area contributed by atoms with E-state index in [0.717, 1.165) is 6.20 Å². The second-order valence-electron chi connectivity index (χ2n) is 9.39. The van der Waals surface area contributed by atoms with Gasteiger partial charge in [0.1, 0.15) is 17.2 Å². The Balaban J connectivity index is 0.000000179. The molecular weight excluding hydrogens is 549 g/mol. The average Bonchev–Trinajstić information content (AvgIpc) is 3.35. The van der Waals surface area contributed by atoms with Crippen LogP contribution in [0.1, 0.15) is 44.1 Å². The molecule has 0 radical (unpaired) electrons. The molecule has 4 aromatic heterocycles. The Morgan fingerprint density at radius 1 is 0.976 bits per heavy atom. The molecule has 4 heterocycles. The highest BCUT2D eigenvalue weighted by atomic mass is 19.4. The van der Waals surface area contributed by atoms with Crippen LogP contribution in [-0.4, -0.2) is 29.4 Å².